The molecular weight excluding hydrogens is 270 g/mol. The average Bonchev–Trinajstić information content (AvgIpc) is 2.46. The van der Waals surface area contributed by atoms with Crippen molar-refractivity contribution in [3.8, 4) is 0 Å². The Bertz CT molecular complexity index is 497. The predicted octanol–water partition coefficient (Wildman–Crippen LogP) is -0.766. The van der Waals surface area contributed by atoms with Crippen LogP contribution in [0.5, 0.6) is 0 Å². The van der Waals surface area contributed by atoms with Crippen LogP contribution in [0, 0.1) is 0 Å². The Kier molecular flexibility index (Phi) is 4.83. The van der Waals surface area contributed by atoms with Gasteiger partial charge in [-0.1, -0.05) is 6.07 Å². The van der Waals surface area contributed by atoms with E-state index in [0.717, 1.165) is 5.56 Å². The molecule has 2 rings (SSSR count). The SMILES string of the molecule is NCc1ccc(S(=O)(=O)NCC2COCCO2)nc1. The summed E-state index contributed by atoms with van der Waals surface area (Å²) < 4.78 is 37.0. The fourth-order valence-corrected chi connectivity index (χ4v) is 2.61. The van der Waals surface area contributed by atoms with Crippen molar-refractivity contribution in [2.24, 2.45) is 5.73 Å². The van der Waals surface area contributed by atoms with Crippen LogP contribution in [0.25, 0.3) is 0 Å². The fourth-order valence-electron chi connectivity index (χ4n) is 1.62. The van der Waals surface area contributed by atoms with Gasteiger partial charge in [-0.3, -0.25) is 0 Å². The second kappa shape index (κ2) is 6.40. The number of hydrogen-bond donors (Lipinski definition) is 2. The molecule has 1 atom stereocenters. The van der Waals surface area contributed by atoms with Crippen molar-refractivity contribution < 1.29 is 17.9 Å². The molecule has 0 bridgehead atoms. The molecule has 0 amide bonds. The molecule has 0 aromatic carbocycles. The molecule has 0 saturated carbocycles. The lowest BCUT2D eigenvalue weighted by atomic mass is 10.3. The van der Waals surface area contributed by atoms with Crippen molar-refractivity contribution >= 4 is 10.0 Å². The molecule has 1 aromatic rings. The highest BCUT2D eigenvalue weighted by atomic mass is 32.2. The number of nitrogens with zero attached hydrogens (tertiary/aromatic N) is 1. The van der Waals surface area contributed by atoms with Crippen molar-refractivity contribution in [2.75, 3.05) is 26.4 Å². The van der Waals surface area contributed by atoms with E-state index in [9.17, 15) is 8.42 Å². The molecule has 106 valence electrons. The molecule has 1 fully saturated rings. The summed E-state index contributed by atoms with van der Waals surface area (Å²) in [7, 11) is -3.62. The molecule has 1 saturated heterocycles. The Labute approximate surface area is 112 Å². The summed E-state index contributed by atoms with van der Waals surface area (Å²) in [6.07, 6.45) is 1.20. The van der Waals surface area contributed by atoms with Crippen LogP contribution in [0.15, 0.2) is 23.4 Å². The quantitative estimate of drug-likeness (QED) is 0.737. The number of ether oxygens (including phenoxy) is 2. The van der Waals surface area contributed by atoms with Gasteiger partial charge in [-0.05, 0) is 11.6 Å². The van der Waals surface area contributed by atoms with E-state index in [1.807, 2.05) is 0 Å². The Hall–Kier alpha value is -1.06. The third-order valence-electron chi connectivity index (χ3n) is 2.69. The molecule has 0 aliphatic carbocycles. The number of nitrogens with one attached hydrogen (secondary N) is 1. The van der Waals surface area contributed by atoms with Gasteiger partial charge in [-0.15, -0.1) is 0 Å². The molecule has 1 aromatic heterocycles. The molecule has 1 aliphatic rings. The number of rotatable bonds is 5. The molecule has 0 radical (unpaired) electrons. The number of aromatic nitrogens is 1. The summed E-state index contributed by atoms with van der Waals surface area (Å²) in [5, 5.41) is -0.0265. The van der Waals surface area contributed by atoms with Crippen molar-refractivity contribution in [2.45, 2.75) is 17.7 Å². The van der Waals surface area contributed by atoms with Gasteiger partial charge in [0.1, 0.15) is 0 Å². The van der Waals surface area contributed by atoms with Gasteiger partial charge >= 0.3 is 0 Å². The van der Waals surface area contributed by atoms with E-state index in [-0.39, 0.29) is 17.7 Å². The molecule has 1 aliphatic heterocycles. The molecule has 19 heavy (non-hydrogen) atoms. The zero-order valence-electron chi connectivity index (χ0n) is 10.4. The van der Waals surface area contributed by atoms with Crippen LogP contribution in [0.1, 0.15) is 5.56 Å². The summed E-state index contributed by atoms with van der Waals surface area (Å²) >= 11 is 0. The Morgan fingerprint density at radius 2 is 2.26 bits per heavy atom. The molecule has 1 unspecified atom stereocenters. The minimum absolute atomic E-state index is 0.0265. The van der Waals surface area contributed by atoms with Crippen molar-refractivity contribution in [1.29, 1.82) is 0 Å². The first kappa shape index (κ1) is 14.4. The Morgan fingerprint density at radius 3 is 2.84 bits per heavy atom. The largest absolute Gasteiger partial charge is 0.376 e. The zero-order valence-corrected chi connectivity index (χ0v) is 11.2. The van der Waals surface area contributed by atoms with Crippen LogP contribution in [-0.4, -0.2) is 45.9 Å². The summed E-state index contributed by atoms with van der Waals surface area (Å²) in [5.41, 5.74) is 6.21. The molecule has 7 nitrogen and oxygen atoms in total. The minimum Gasteiger partial charge on any atom is -0.376 e. The normalized spacial score (nSPS) is 20.4. The first-order chi connectivity index (χ1) is 9.12. The standard InChI is InChI=1S/C11H17N3O4S/c12-5-9-1-2-11(13-6-9)19(15,16)14-7-10-8-17-3-4-18-10/h1-2,6,10,14H,3-5,7-8,12H2. The number of nitrogens with two attached hydrogens (primary N) is 1. The maximum Gasteiger partial charge on any atom is 0.258 e. The van der Waals surface area contributed by atoms with Crippen LogP contribution in [0.3, 0.4) is 0 Å². The molecule has 3 N–H and O–H groups in total. The third-order valence-corrected chi connectivity index (χ3v) is 4.03. The van der Waals surface area contributed by atoms with Crippen LogP contribution >= 0.6 is 0 Å². The van der Waals surface area contributed by atoms with Crippen LogP contribution < -0.4 is 10.5 Å². The van der Waals surface area contributed by atoms with E-state index < -0.39 is 10.0 Å². The first-order valence-electron chi connectivity index (χ1n) is 5.96. The van der Waals surface area contributed by atoms with Gasteiger partial charge in [0.15, 0.2) is 5.03 Å². The average molecular weight is 287 g/mol. The van der Waals surface area contributed by atoms with Gasteiger partial charge in [-0.25, -0.2) is 18.1 Å². The summed E-state index contributed by atoms with van der Waals surface area (Å²) in [4.78, 5) is 3.88. The van der Waals surface area contributed by atoms with Crippen LogP contribution in [0.4, 0.5) is 0 Å². The maximum atomic E-state index is 12.0. The third kappa shape index (κ3) is 3.95. The van der Waals surface area contributed by atoms with Crippen molar-refractivity contribution in [3.63, 3.8) is 0 Å². The Morgan fingerprint density at radius 1 is 1.42 bits per heavy atom. The highest BCUT2D eigenvalue weighted by molar-refractivity contribution is 7.89. The van der Waals surface area contributed by atoms with Gasteiger partial charge in [0.2, 0.25) is 0 Å². The lowest BCUT2D eigenvalue weighted by molar-refractivity contribution is -0.0847. The van der Waals surface area contributed by atoms with E-state index in [1.54, 1.807) is 6.07 Å². The number of pyridine rings is 1. The lowest BCUT2D eigenvalue weighted by Gasteiger charge is -2.22. The maximum absolute atomic E-state index is 12.0. The topological polar surface area (TPSA) is 104 Å². The first-order valence-corrected chi connectivity index (χ1v) is 7.44. The van der Waals surface area contributed by atoms with Crippen LogP contribution in [-0.2, 0) is 26.0 Å². The van der Waals surface area contributed by atoms with Crippen LogP contribution in [0.2, 0.25) is 0 Å². The van der Waals surface area contributed by atoms with Crippen molar-refractivity contribution in [1.82, 2.24) is 9.71 Å². The van der Waals surface area contributed by atoms with Gasteiger partial charge < -0.3 is 15.2 Å². The second-order valence-corrected chi connectivity index (χ2v) is 5.84. The zero-order chi connectivity index (χ0) is 13.7. The predicted molar refractivity (Wildman–Crippen MR) is 67.9 cm³/mol. The number of sulfonamides is 1. The van der Waals surface area contributed by atoms with Gasteiger partial charge in [0.05, 0.1) is 25.9 Å². The minimum atomic E-state index is -3.62. The van der Waals surface area contributed by atoms with E-state index in [4.69, 9.17) is 15.2 Å². The molecule has 2 heterocycles. The second-order valence-electron chi connectivity index (χ2n) is 4.13. The smallest absolute Gasteiger partial charge is 0.258 e. The van der Waals surface area contributed by atoms with E-state index in [0.29, 0.717) is 26.4 Å². The lowest BCUT2D eigenvalue weighted by Crippen LogP contribution is -2.39. The van der Waals surface area contributed by atoms with Gasteiger partial charge in [0, 0.05) is 19.3 Å². The number of hydrogen-bond acceptors (Lipinski definition) is 6. The molecule has 8 heteroatoms. The molecule has 0 spiro atoms. The van der Waals surface area contributed by atoms with Gasteiger partial charge in [0.25, 0.3) is 10.0 Å². The van der Waals surface area contributed by atoms with E-state index in [1.165, 1.54) is 12.3 Å². The highest BCUT2D eigenvalue weighted by Gasteiger charge is 2.20. The monoisotopic (exact) mass is 287 g/mol. The van der Waals surface area contributed by atoms with Gasteiger partial charge in [-0.2, -0.15) is 0 Å². The summed E-state index contributed by atoms with van der Waals surface area (Å²) in [6, 6.07) is 3.07. The molecular formula is C11H17N3O4S. The Balaban J connectivity index is 1.96. The van der Waals surface area contributed by atoms with E-state index >= 15 is 0 Å². The fraction of sp³-hybridized carbons (Fsp3) is 0.545. The van der Waals surface area contributed by atoms with Crippen molar-refractivity contribution in [3.05, 3.63) is 23.9 Å². The van der Waals surface area contributed by atoms with E-state index in [2.05, 4.69) is 9.71 Å². The summed E-state index contributed by atoms with van der Waals surface area (Å²) in [5.74, 6) is 0. The summed E-state index contributed by atoms with van der Waals surface area (Å²) in [6.45, 7) is 1.92. The highest BCUT2D eigenvalue weighted by Crippen LogP contribution is 2.07.